The van der Waals surface area contributed by atoms with Crippen LogP contribution >= 0.6 is 27.5 Å². The third kappa shape index (κ3) is 3.45. The number of hydrogen-bond acceptors (Lipinski definition) is 3. The summed E-state index contributed by atoms with van der Waals surface area (Å²) in [7, 11) is 1.56. The summed E-state index contributed by atoms with van der Waals surface area (Å²) in [6, 6.07) is 10.2. The Balaban J connectivity index is 2.23. The van der Waals surface area contributed by atoms with Gasteiger partial charge in [0.25, 0.3) is 5.91 Å². The Hall–Kier alpha value is -1.59. The molecule has 0 atom stereocenters. The van der Waals surface area contributed by atoms with Gasteiger partial charge in [0.2, 0.25) is 0 Å². The lowest BCUT2D eigenvalue weighted by atomic mass is 10.2. The van der Waals surface area contributed by atoms with Crippen LogP contribution in [0.25, 0.3) is 0 Å². The van der Waals surface area contributed by atoms with Gasteiger partial charge in [0.1, 0.15) is 16.6 Å². The molecular weight excluding hydrogens is 332 g/mol. The fourth-order valence-electron chi connectivity index (χ4n) is 1.45. The van der Waals surface area contributed by atoms with Crippen molar-refractivity contribution < 1.29 is 9.53 Å². The molecule has 19 heavy (non-hydrogen) atoms. The summed E-state index contributed by atoms with van der Waals surface area (Å²) < 4.78 is 5.86. The van der Waals surface area contributed by atoms with Gasteiger partial charge in [-0.3, -0.25) is 4.79 Å². The number of ether oxygens (including phenoxy) is 1. The van der Waals surface area contributed by atoms with E-state index in [1.54, 1.807) is 43.5 Å². The van der Waals surface area contributed by atoms with E-state index in [4.69, 9.17) is 16.3 Å². The fourth-order valence-corrected chi connectivity index (χ4v) is 1.96. The number of benzene rings is 1. The first kappa shape index (κ1) is 13.8. The number of hydrogen-bond donors (Lipinski definition) is 1. The lowest BCUT2D eigenvalue weighted by molar-refractivity contribution is 0.102. The molecule has 1 aromatic carbocycles. The zero-order valence-corrected chi connectivity index (χ0v) is 12.3. The van der Waals surface area contributed by atoms with Gasteiger partial charge in [-0.05, 0) is 40.2 Å². The Labute approximate surface area is 123 Å². The van der Waals surface area contributed by atoms with Crippen molar-refractivity contribution >= 4 is 39.1 Å². The van der Waals surface area contributed by atoms with Crippen LogP contribution in [0.4, 0.5) is 5.69 Å². The van der Waals surface area contributed by atoms with Crippen LogP contribution in [0.15, 0.2) is 40.9 Å². The Morgan fingerprint density at radius 2 is 2.16 bits per heavy atom. The quantitative estimate of drug-likeness (QED) is 0.865. The van der Waals surface area contributed by atoms with E-state index < -0.39 is 0 Å². The van der Waals surface area contributed by atoms with Crippen LogP contribution in [-0.4, -0.2) is 18.0 Å². The van der Waals surface area contributed by atoms with Crippen molar-refractivity contribution in [2.45, 2.75) is 0 Å². The average Bonchev–Trinajstić information content (AvgIpc) is 2.41. The van der Waals surface area contributed by atoms with Gasteiger partial charge in [0, 0.05) is 10.5 Å². The molecule has 0 saturated carbocycles. The maximum absolute atomic E-state index is 12.0. The molecule has 98 valence electrons. The van der Waals surface area contributed by atoms with Crippen LogP contribution in [0.3, 0.4) is 0 Å². The molecule has 6 heteroatoms. The van der Waals surface area contributed by atoms with Gasteiger partial charge in [-0.1, -0.05) is 17.7 Å². The molecule has 2 rings (SSSR count). The Morgan fingerprint density at radius 3 is 2.84 bits per heavy atom. The third-order valence-electron chi connectivity index (χ3n) is 2.37. The second kappa shape index (κ2) is 6.04. The van der Waals surface area contributed by atoms with E-state index in [1.165, 1.54) is 0 Å². The van der Waals surface area contributed by atoms with Crippen molar-refractivity contribution in [1.29, 1.82) is 0 Å². The van der Waals surface area contributed by atoms with E-state index in [9.17, 15) is 4.79 Å². The number of methoxy groups -OCH3 is 1. The number of aromatic nitrogens is 1. The van der Waals surface area contributed by atoms with Crippen molar-refractivity contribution in [1.82, 2.24) is 4.98 Å². The van der Waals surface area contributed by atoms with Crippen LogP contribution in [0.2, 0.25) is 5.15 Å². The first-order valence-corrected chi connectivity index (χ1v) is 6.54. The van der Waals surface area contributed by atoms with Gasteiger partial charge in [-0.25, -0.2) is 4.98 Å². The lowest BCUT2D eigenvalue weighted by Gasteiger charge is -2.09. The summed E-state index contributed by atoms with van der Waals surface area (Å²) in [4.78, 5) is 16.0. The zero-order valence-electron chi connectivity index (χ0n) is 9.98. The Bertz CT molecular complexity index is 619. The highest BCUT2D eigenvalue weighted by Gasteiger charge is 2.10. The molecule has 0 radical (unpaired) electrons. The molecule has 0 aliphatic heterocycles. The summed E-state index contributed by atoms with van der Waals surface area (Å²) in [5.41, 5.74) is 0.855. The predicted molar refractivity (Wildman–Crippen MR) is 77.9 cm³/mol. The minimum atomic E-state index is -0.337. The number of carbonyl (C=O) groups excluding carboxylic acids is 1. The number of nitrogens with zero attached hydrogens (tertiary/aromatic N) is 1. The fraction of sp³-hybridized carbons (Fsp3) is 0.0769. The van der Waals surface area contributed by atoms with Gasteiger partial charge in [0.05, 0.1) is 12.8 Å². The van der Waals surface area contributed by atoms with E-state index in [0.717, 1.165) is 4.47 Å². The molecule has 4 nitrogen and oxygen atoms in total. The number of nitrogens with one attached hydrogen (secondary N) is 1. The van der Waals surface area contributed by atoms with E-state index in [1.807, 2.05) is 0 Å². The molecule has 0 saturated heterocycles. The van der Waals surface area contributed by atoms with Gasteiger partial charge >= 0.3 is 0 Å². The summed E-state index contributed by atoms with van der Waals surface area (Å²) in [5.74, 6) is 0.314. The number of halogens is 2. The van der Waals surface area contributed by atoms with Crippen LogP contribution < -0.4 is 10.1 Å². The van der Waals surface area contributed by atoms with Crippen LogP contribution in [-0.2, 0) is 0 Å². The molecule has 1 N–H and O–H groups in total. The number of amides is 1. The van der Waals surface area contributed by atoms with E-state index >= 15 is 0 Å². The third-order valence-corrected chi connectivity index (χ3v) is 3.27. The minimum absolute atomic E-state index is 0.252. The summed E-state index contributed by atoms with van der Waals surface area (Å²) in [5, 5.41) is 3.02. The standard InChI is InChI=1S/C13H10BrClN2O2/c1-19-8-5-6-9(14)11(7-8)17-13(18)10-3-2-4-12(15)16-10/h2-7H,1H3,(H,17,18). The highest BCUT2D eigenvalue weighted by molar-refractivity contribution is 9.10. The number of carbonyl (C=O) groups is 1. The summed E-state index contributed by atoms with van der Waals surface area (Å²) in [6.07, 6.45) is 0. The number of pyridine rings is 1. The molecule has 0 bridgehead atoms. The molecule has 1 heterocycles. The van der Waals surface area contributed by atoms with Crippen LogP contribution in [0.5, 0.6) is 5.75 Å². The monoisotopic (exact) mass is 340 g/mol. The maximum Gasteiger partial charge on any atom is 0.274 e. The van der Waals surface area contributed by atoms with Gasteiger partial charge in [-0.15, -0.1) is 0 Å². The number of anilines is 1. The molecule has 0 fully saturated rings. The highest BCUT2D eigenvalue weighted by Crippen LogP contribution is 2.27. The summed E-state index contributed by atoms with van der Waals surface area (Å²) >= 11 is 9.11. The Kier molecular flexibility index (Phi) is 4.39. The van der Waals surface area contributed by atoms with Gasteiger partial charge in [0.15, 0.2) is 0 Å². The minimum Gasteiger partial charge on any atom is -0.497 e. The zero-order chi connectivity index (χ0) is 13.8. The predicted octanol–water partition coefficient (Wildman–Crippen LogP) is 3.76. The topological polar surface area (TPSA) is 51.2 Å². The SMILES string of the molecule is COc1ccc(Br)c(NC(=O)c2cccc(Cl)n2)c1. The second-order valence-corrected chi connectivity index (χ2v) is 4.89. The Morgan fingerprint density at radius 1 is 1.37 bits per heavy atom. The summed E-state index contributed by atoms with van der Waals surface area (Å²) in [6.45, 7) is 0. The van der Waals surface area contributed by atoms with E-state index in [2.05, 4.69) is 26.2 Å². The van der Waals surface area contributed by atoms with Crippen molar-refractivity contribution in [2.75, 3.05) is 12.4 Å². The molecule has 0 aliphatic rings. The van der Waals surface area contributed by atoms with Gasteiger partial charge < -0.3 is 10.1 Å². The maximum atomic E-state index is 12.0. The van der Waals surface area contributed by atoms with Gasteiger partial charge in [-0.2, -0.15) is 0 Å². The highest BCUT2D eigenvalue weighted by atomic mass is 79.9. The smallest absolute Gasteiger partial charge is 0.274 e. The lowest BCUT2D eigenvalue weighted by Crippen LogP contribution is -2.14. The molecule has 1 amide bonds. The van der Waals surface area contributed by atoms with E-state index in [0.29, 0.717) is 11.4 Å². The molecule has 0 spiro atoms. The largest absolute Gasteiger partial charge is 0.497 e. The van der Waals surface area contributed by atoms with E-state index in [-0.39, 0.29) is 16.8 Å². The molecular formula is C13H10BrClN2O2. The second-order valence-electron chi connectivity index (χ2n) is 3.65. The normalized spacial score (nSPS) is 10.1. The molecule has 1 aromatic heterocycles. The van der Waals surface area contributed by atoms with Crippen molar-refractivity contribution in [3.63, 3.8) is 0 Å². The molecule has 2 aromatic rings. The van der Waals surface area contributed by atoms with Crippen LogP contribution in [0, 0.1) is 0 Å². The van der Waals surface area contributed by atoms with Crippen molar-refractivity contribution in [2.24, 2.45) is 0 Å². The van der Waals surface area contributed by atoms with Crippen LogP contribution in [0.1, 0.15) is 10.5 Å². The molecule has 0 unspecified atom stereocenters. The number of rotatable bonds is 3. The van der Waals surface area contributed by atoms with Crippen molar-refractivity contribution in [3.05, 3.63) is 51.7 Å². The first-order chi connectivity index (χ1) is 9.10. The first-order valence-electron chi connectivity index (χ1n) is 5.37. The molecule has 0 aliphatic carbocycles. The average molecular weight is 342 g/mol. The van der Waals surface area contributed by atoms with Crippen molar-refractivity contribution in [3.8, 4) is 5.75 Å².